The molecule has 2 aromatic carbocycles. The summed E-state index contributed by atoms with van der Waals surface area (Å²) < 4.78 is 59.1. The summed E-state index contributed by atoms with van der Waals surface area (Å²) in [5.74, 6) is 0. The highest BCUT2D eigenvalue weighted by Gasteiger charge is 2.36. The van der Waals surface area contributed by atoms with Gasteiger partial charge in [-0.05, 0) is 71.9 Å². The molecule has 1 aliphatic rings. The van der Waals surface area contributed by atoms with Gasteiger partial charge in [-0.15, -0.1) is 0 Å². The average Bonchev–Trinajstić information content (AvgIpc) is 3.33. The van der Waals surface area contributed by atoms with Crippen molar-refractivity contribution in [3.63, 3.8) is 0 Å². The number of hydrogen-bond donors (Lipinski definition) is 0. The number of benzene rings is 2. The SMILES string of the molecule is CCC(C)(C)c1ccc(S(=O)(=O)OC[C@@H]2CCCN2S(=O)(=O)c2ccc(C(C)(C)CC)cc2)cc1. The molecule has 0 unspecified atom stereocenters. The van der Waals surface area contributed by atoms with Crippen LogP contribution in [-0.4, -0.2) is 40.3 Å². The molecular weight excluding hydrogens is 482 g/mol. The number of rotatable bonds is 10. The Labute approximate surface area is 211 Å². The highest BCUT2D eigenvalue weighted by atomic mass is 32.2. The normalized spacial score (nSPS) is 18.2. The summed E-state index contributed by atoms with van der Waals surface area (Å²) in [5.41, 5.74) is 2.05. The molecule has 6 nitrogen and oxygen atoms in total. The fourth-order valence-electron chi connectivity index (χ4n) is 4.22. The summed E-state index contributed by atoms with van der Waals surface area (Å²) >= 11 is 0. The van der Waals surface area contributed by atoms with E-state index in [0.29, 0.717) is 19.4 Å². The second kappa shape index (κ2) is 10.3. The maximum Gasteiger partial charge on any atom is 0.297 e. The van der Waals surface area contributed by atoms with Crippen LogP contribution in [0, 0.1) is 0 Å². The molecule has 1 fully saturated rings. The van der Waals surface area contributed by atoms with Gasteiger partial charge in [-0.1, -0.05) is 65.8 Å². The first kappa shape index (κ1) is 27.8. The van der Waals surface area contributed by atoms with Crippen LogP contribution >= 0.6 is 0 Å². The third-order valence-electron chi connectivity index (χ3n) is 7.67. The van der Waals surface area contributed by atoms with Gasteiger partial charge in [-0.25, -0.2) is 8.42 Å². The molecule has 3 rings (SSSR count). The molecule has 2 aromatic rings. The molecule has 0 amide bonds. The van der Waals surface area contributed by atoms with Crippen molar-refractivity contribution in [3.05, 3.63) is 59.7 Å². The van der Waals surface area contributed by atoms with Crippen molar-refractivity contribution in [2.24, 2.45) is 0 Å². The number of nitrogens with zero attached hydrogens (tertiary/aromatic N) is 1. The van der Waals surface area contributed by atoms with E-state index in [-0.39, 0.29) is 27.2 Å². The largest absolute Gasteiger partial charge is 0.297 e. The first-order valence-electron chi connectivity index (χ1n) is 12.4. The molecule has 0 saturated carbocycles. The summed E-state index contributed by atoms with van der Waals surface area (Å²) in [7, 11) is -7.75. The zero-order chi connectivity index (χ0) is 26.1. The summed E-state index contributed by atoms with van der Waals surface area (Å²) in [5, 5.41) is 0. The van der Waals surface area contributed by atoms with E-state index in [1.807, 2.05) is 24.3 Å². The van der Waals surface area contributed by atoms with E-state index in [0.717, 1.165) is 24.0 Å². The lowest BCUT2D eigenvalue weighted by Crippen LogP contribution is -2.38. The first-order chi connectivity index (χ1) is 16.2. The molecule has 0 aliphatic carbocycles. The van der Waals surface area contributed by atoms with Crippen molar-refractivity contribution in [1.29, 1.82) is 0 Å². The Morgan fingerprint density at radius 1 is 0.800 bits per heavy atom. The van der Waals surface area contributed by atoms with Crippen LogP contribution in [0.15, 0.2) is 58.3 Å². The maximum atomic E-state index is 13.4. The Hall–Kier alpha value is -1.74. The molecule has 0 spiro atoms. The predicted molar refractivity (Wildman–Crippen MR) is 140 cm³/mol. The smallest absolute Gasteiger partial charge is 0.265 e. The van der Waals surface area contributed by atoms with Gasteiger partial charge in [0.25, 0.3) is 10.1 Å². The molecule has 1 saturated heterocycles. The van der Waals surface area contributed by atoms with Crippen molar-refractivity contribution in [1.82, 2.24) is 4.31 Å². The van der Waals surface area contributed by atoms with Gasteiger partial charge in [0, 0.05) is 6.54 Å². The molecule has 1 aliphatic heterocycles. The Morgan fingerprint density at radius 3 is 1.71 bits per heavy atom. The fraction of sp³-hybridized carbons (Fsp3) is 0.556. The Balaban J connectivity index is 1.73. The minimum atomic E-state index is -4.00. The average molecular weight is 522 g/mol. The lowest BCUT2D eigenvalue weighted by Gasteiger charge is -2.26. The van der Waals surface area contributed by atoms with Gasteiger partial charge < -0.3 is 0 Å². The van der Waals surface area contributed by atoms with Crippen molar-refractivity contribution >= 4 is 20.1 Å². The maximum absolute atomic E-state index is 13.4. The van der Waals surface area contributed by atoms with Gasteiger partial charge in [0.2, 0.25) is 10.0 Å². The fourth-order valence-corrected chi connectivity index (χ4v) is 6.84. The Kier molecular flexibility index (Phi) is 8.21. The van der Waals surface area contributed by atoms with E-state index in [4.69, 9.17) is 4.18 Å². The third kappa shape index (κ3) is 5.98. The van der Waals surface area contributed by atoms with E-state index in [2.05, 4.69) is 41.5 Å². The van der Waals surface area contributed by atoms with Crippen molar-refractivity contribution in [3.8, 4) is 0 Å². The van der Waals surface area contributed by atoms with Gasteiger partial charge in [-0.3, -0.25) is 4.18 Å². The highest BCUT2D eigenvalue weighted by molar-refractivity contribution is 7.89. The molecule has 0 N–H and O–H groups in total. The quantitative estimate of drug-likeness (QED) is 0.379. The first-order valence-corrected chi connectivity index (χ1v) is 15.2. The topological polar surface area (TPSA) is 80.8 Å². The summed E-state index contributed by atoms with van der Waals surface area (Å²) in [4.78, 5) is 0.298. The Morgan fingerprint density at radius 2 is 1.26 bits per heavy atom. The highest BCUT2D eigenvalue weighted by Crippen LogP contribution is 2.31. The van der Waals surface area contributed by atoms with Gasteiger partial charge in [0.1, 0.15) is 0 Å². The predicted octanol–water partition coefficient (Wildman–Crippen LogP) is 5.62. The van der Waals surface area contributed by atoms with Crippen LogP contribution in [0.2, 0.25) is 0 Å². The minimum Gasteiger partial charge on any atom is -0.265 e. The van der Waals surface area contributed by atoms with Crippen LogP contribution in [0.25, 0.3) is 0 Å². The molecule has 0 bridgehead atoms. The zero-order valence-corrected chi connectivity index (χ0v) is 23.4. The standard InChI is InChI=1S/C27H39NO5S2/c1-7-26(3,4)21-11-15-24(16-12-21)34(29,30)28-19-9-10-23(28)20-33-35(31,32)25-17-13-22(14-18-25)27(5,6)8-2/h11-18,23H,7-10,19-20H2,1-6H3/t23-/m0/s1. The van der Waals surface area contributed by atoms with Crippen molar-refractivity contribution in [2.75, 3.05) is 13.2 Å². The van der Waals surface area contributed by atoms with Crippen LogP contribution in [0.3, 0.4) is 0 Å². The summed E-state index contributed by atoms with van der Waals surface area (Å²) in [6.07, 6.45) is 3.09. The molecule has 1 heterocycles. The van der Waals surface area contributed by atoms with Crippen LogP contribution in [0.1, 0.15) is 78.4 Å². The van der Waals surface area contributed by atoms with E-state index in [1.54, 1.807) is 24.3 Å². The third-order valence-corrected chi connectivity index (χ3v) is 10.9. The second-order valence-electron chi connectivity index (χ2n) is 10.7. The van der Waals surface area contributed by atoms with Crippen LogP contribution in [0.5, 0.6) is 0 Å². The lowest BCUT2D eigenvalue weighted by atomic mass is 9.82. The van der Waals surface area contributed by atoms with E-state index >= 15 is 0 Å². The van der Waals surface area contributed by atoms with Crippen LogP contribution < -0.4 is 0 Å². The van der Waals surface area contributed by atoms with Crippen molar-refractivity contribution in [2.45, 2.75) is 93.9 Å². The number of hydrogen-bond acceptors (Lipinski definition) is 5. The zero-order valence-electron chi connectivity index (χ0n) is 21.7. The molecule has 8 heteroatoms. The molecule has 0 radical (unpaired) electrons. The van der Waals surface area contributed by atoms with E-state index < -0.39 is 26.2 Å². The molecule has 194 valence electrons. The van der Waals surface area contributed by atoms with Gasteiger partial charge in [0.15, 0.2) is 0 Å². The minimum absolute atomic E-state index is 0.0365. The van der Waals surface area contributed by atoms with Gasteiger partial charge >= 0.3 is 0 Å². The molecular formula is C27H39NO5S2. The van der Waals surface area contributed by atoms with Crippen LogP contribution in [-0.2, 0) is 35.2 Å². The van der Waals surface area contributed by atoms with Crippen molar-refractivity contribution < 1.29 is 21.0 Å². The summed E-state index contributed by atoms with van der Waals surface area (Å²) in [6.45, 7) is 12.8. The summed E-state index contributed by atoms with van der Waals surface area (Å²) in [6, 6.07) is 13.3. The monoisotopic (exact) mass is 521 g/mol. The lowest BCUT2D eigenvalue weighted by molar-refractivity contribution is 0.237. The van der Waals surface area contributed by atoms with E-state index in [1.165, 1.54) is 4.31 Å². The Bertz CT molecular complexity index is 1220. The molecule has 0 aromatic heterocycles. The van der Waals surface area contributed by atoms with Gasteiger partial charge in [0.05, 0.1) is 22.4 Å². The van der Waals surface area contributed by atoms with Gasteiger partial charge in [-0.2, -0.15) is 12.7 Å². The second-order valence-corrected chi connectivity index (χ2v) is 14.2. The molecule has 35 heavy (non-hydrogen) atoms. The number of sulfonamides is 1. The van der Waals surface area contributed by atoms with E-state index in [9.17, 15) is 16.8 Å². The molecule has 1 atom stereocenters. The van der Waals surface area contributed by atoms with Crippen LogP contribution in [0.4, 0.5) is 0 Å².